The summed E-state index contributed by atoms with van der Waals surface area (Å²) in [6.45, 7) is 0.625. The first-order chi connectivity index (χ1) is 16.2. The second-order valence-corrected chi connectivity index (χ2v) is 8.15. The van der Waals surface area contributed by atoms with Gasteiger partial charge in [0.2, 0.25) is 0 Å². The highest BCUT2D eigenvalue weighted by atomic mass is 32.1. The van der Waals surface area contributed by atoms with Gasteiger partial charge in [-0.3, -0.25) is 4.98 Å². The Labute approximate surface area is 197 Å². The molecule has 7 heteroatoms. The number of aromatic nitrogens is 2. The van der Waals surface area contributed by atoms with Gasteiger partial charge in [0.05, 0.1) is 35.7 Å². The average Bonchev–Trinajstić information content (AvgIpc) is 3.33. The van der Waals surface area contributed by atoms with Crippen molar-refractivity contribution in [3.63, 3.8) is 0 Å². The van der Waals surface area contributed by atoms with E-state index in [1.165, 1.54) is 0 Å². The summed E-state index contributed by atoms with van der Waals surface area (Å²) in [5.41, 5.74) is 5.69. The molecule has 0 radical (unpaired) electrons. The van der Waals surface area contributed by atoms with Gasteiger partial charge in [-0.05, 0) is 59.7 Å². The van der Waals surface area contributed by atoms with Gasteiger partial charge in [0.15, 0.2) is 5.11 Å². The number of para-hydroxylation sites is 2. The lowest BCUT2D eigenvalue weighted by atomic mass is 10.0. The summed E-state index contributed by atoms with van der Waals surface area (Å²) < 4.78 is 5.30. The van der Waals surface area contributed by atoms with Crippen LogP contribution in [0, 0.1) is 0 Å². The largest absolute Gasteiger partial charge is 0.497 e. The van der Waals surface area contributed by atoms with Gasteiger partial charge in [-0.25, -0.2) is 9.99 Å². The summed E-state index contributed by atoms with van der Waals surface area (Å²) in [7, 11) is 1.66. The Hall–Kier alpha value is -3.84. The number of benzene rings is 3. The molecule has 0 bridgehead atoms. The molecule has 1 aromatic heterocycles. The molecule has 0 unspecified atom stereocenters. The normalized spacial score (nSPS) is 15.4. The zero-order valence-electron chi connectivity index (χ0n) is 18.2. The van der Waals surface area contributed by atoms with Crippen LogP contribution in [0.5, 0.6) is 5.75 Å². The first-order valence-electron chi connectivity index (χ1n) is 10.8. The highest BCUT2D eigenvalue weighted by molar-refractivity contribution is 7.80. The molecule has 1 atom stereocenters. The molecule has 164 valence electrons. The molecule has 0 spiro atoms. The van der Waals surface area contributed by atoms with Crippen molar-refractivity contribution in [1.82, 2.24) is 20.3 Å². The molecule has 0 amide bonds. The minimum absolute atomic E-state index is 0.144. The summed E-state index contributed by atoms with van der Waals surface area (Å²) in [5.74, 6) is 0.811. The third-order valence-corrected chi connectivity index (χ3v) is 5.97. The highest BCUT2D eigenvalue weighted by Gasteiger charge is 2.32. The van der Waals surface area contributed by atoms with E-state index in [0.717, 1.165) is 39.3 Å². The summed E-state index contributed by atoms with van der Waals surface area (Å²) in [6.07, 6.45) is 2.50. The van der Waals surface area contributed by atoms with Gasteiger partial charge in [0, 0.05) is 13.0 Å². The van der Waals surface area contributed by atoms with E-state index in [9.17, 15) is 0 Å². The fourth-order valence-electron chi connectivity index (χ4n) is 3.87. The van der Waals surface area contributed by atoms with E-state index in [2.05, 4.69) is 22.4 Å². The van der Waals surface area contributed by atoms with Crippen molar-refractivity contribution in [3.05, 3.63) is 102 Å². The molecule has 0 saturated heterocycles. The predicted octanol–water partition coefficient (Wildman–Crippen LogP) is 4.86. The third kappa shape index (κ3) is 4.54. The van der Waals surface area contributed by atoms with Crippen LogP contribution < -0.4 is 10.1 Å². The van der Waals surface area contributed by atoms with Crippen molar-refractivity contribution in [2.75, 3.05) is 7.11 Å². The SMILES string of the molecule is COc1ccc(C2=NN(C(=S)NCc3ccccc3)[C@H](c3cnc4ccccc4n3)C2)cc1. The molecule has 2 heterocycles. The van der Waals surface area contributed by atoms with Crippen LogP contribution in [0.4, 0.5) is 0 Å². The Morgan fingerprint density at radius 2 is 1.73 bits per heavy atom. The van der Waals surface area contributed by atoms with E-state index in [4.69, 9.17) is 27.0 Å². The number of nitrogens with zero attached hydrogens (tertiary/aromatic N) is 4. The van der Waals surface area contributed by atoms with Gasteiger partial charge in [-0.15, -0.1) is 0 Å². The highest BCUT2D eigenvalue weighted by Crippen LogP contribution is 2.32. The number of fused-ring (bicyclic) bond motifs is 1. The molecule has 1 N–H and O–H groups in total. The van der Waals surface area contributed by atoms with Crippen LogP contribution in [0.2, 0.25) is 0 Å². The van der Waals surface area contributed by atoms with E-state index in [0.29, 0.717) is 18.1 Å². The van der Waals surface area contributed by atoms with Crippen LogP contribution >= 0.6 is 12.2 Å². The standard InChI is InChI=1S/C26H23N5OS/c1-32-20-13-11-19(12-14-20)23-15-25(24-17-27-21-9-5-6-10-22(21)29-24)31(30-23)26(33)28-16-18-7-3-2-4-8-18/h2-14,17,25H,15-16H2,1H3,(H,28,33)/t25-/m0/s1. The van der Waals surface area contributed by atoms with Gasteiger partial charge in [-0.2, -0.15) is 5.10 Å². The number of ether oxygens (including phenoxy) is 1. The number of rotatable bonds is 5. The number of hydrogen-bond donors (Lipinski definition) is 1. The first-order valence-corrected chi connectivity index (χ1v) is 11.2. The van der Waals surface area contributed by atoms with Gasteiger partial charge >= 0.3 is 0 Å². The zero-order chi connectivity index (χ0) is 22.6. The maximum absolute atomic E-state index is 5.77. The van der Waals surface area contributed by atoms with Crippen LogP contribution in [0.15, 0.2) is 90.2 Å². The zero-order valence-corrected chi connectivity index (χ0v) is 19.0. The molecule has 33 heavy (non-hydrogen) atoms. The molecule has 0 aliphatic carbocycles. The van der Waals surface area contributed by atoms with Gasteiger partial charge < -0.3 is 10.1 Å². The van der Waals surface area contributed by atoms with Crippen LogP contribution in [-0.2, 0) is 6.54 Å². The molecule has 0 saturated carbocycles. The third-order valence-electron chi connectivity index (χ3n) is 5.64. The molecule has 3 aromatic carbocycles. The van der Waals surface area contributed by atoms with Crippen LogP contribution in [0.3, 0.4) is 0 Å². The summed E-state index contributed by atoms with van der Waals surface area (Å²) in [4.78, 5) is 9.49. The van der Waals surface area contributed by atoms with Crippen LogP contribution in [-0.4, -0.2) is 32.9 Å². The second-order valence-electron chi connectivity index (χ2n) is 7.77. The minimum Gasteiger partial charge on any atom is -0.497 e. The number of hydrogen-bond acceptors (Lipinski definition) is 5. The topological polar surface area (TPSA) is 62.6 Å². The Morgan fingerprint density at radius 1 is 1.00 bits per heavy atom. The Bertz CT molecular complexity index is 1310. The number of thiocarbonyl (C=S) groups is 1. The van der Waals surface area contributed by atoms with E-state index in [1.54, 1.807) is 7.11 Å². The van der Waals surface area contributed by atoms with Crippen LogP contribution in [0.1, 0.15) is 29.3 Å². The number of hydrazone groups is 1. The Kier molecular flexibility index (Phi) is 5.95. The molecule has 6 nitrogen and oxygen atoms in total. The predicted molar refractivity (Wildman–Crippen MR) is 134 cm³/mol. The molecule has 0 fully saturated rings. The molecule has 5 rings (SSSR count). The van der Waals surface area contributed by atoms with E-state index >= 15 is 0 Å². The van der Waals surface area contributed by atoms with Gasteiger partial charge in [-0.1, -0.05) is 42.5 Å². The fraction of sp³-hybridized carbons (Fsp3) is 0.154. The van der Waals surface area contributed by atoms with E-state index in [1.807, 2.05) is 77.9 Å². The Balaban J connectivity index is 1.45. The maximum atomic E-state index is 5.77. The fourth-order valence-corrected chi connectivity index (χ4v) is 4.11. The van der Waals surface area contributed by atoms with Crippen molar-refractivity contribution >= 4 is 34.1 Å². The van der Waals surface area contributed by atoms with Crippen LogP contribution in [0.25, 0.3) is 11.0 Å². The van der Waals surface area contributed by atoms with Gasteiger partial charge in [0.1, 0.15) is 11.8 Å². The molecule has 1 aliphatic rings. The van der Waals surface area contributed by atoms with E-state index < -0.39 is 0 Å². The number of nitrogens with one attached hydrogen (secondary N) is 1. The van der Waals surface area contributed by atoms with Crippen molar-refractivity contribution in [1.29, 1.82) is 0 Å². The minimum atomic E-state index is -0.144. The van der Waals surface area contributed by atoms with Crippen molar-refractivity contribution < 1.29 is 4.74 Å². The van der Waals surface area contributed by atoms with Crippen molar-refractivity contribution in [2.45, 2.75) is 19.0 Å². The lowest BCUT2D eigenvalue weighted by molar-refractivity contribution is 0.357. The van der Waals surface area contributed by atoms with Crippen molar-refractivity contribution in [3.8, 4) is 5.75 Å². The molecule has 1 aliphatic heterocycles. The first kappa shape index (κ1) is 21.0. The molecular weight excluding hydrogens is 430 g/mol. The average molecular weight is 454 g/mol. The van der Waals surface area contributed by atoms with Crippen molar-refractivity contribution in [2.24, 2.45) is 5.10 Å². The summed E-state index contributed by atoms with van der Waals surface area (Å²) >= 11 is 5.77. The maximum Gasteiger partial charge on any atom is 0.190 e. The second kappa shape index (κ2) is 9.34. The smallest absolute Gasteiger partial charge is 0.190 e. The summed E-state index contributed by atoms with van der Waals surface area (Å²) in [6, 6.07) is 25.8. The summed E-state index contributed by atoms with van der Waals surface area (Å²) in [5, 5.41) is 10.7. The van der Waals surface area contributed by atoms with Gasteiger partial charge in [0.25, 0.3) is 0 Å². The quantitative estimate of drug-likeness (QED) is 0.435. The lowest BCUT2D eigenvalue weighted by Gasteiger charge is -2.24. The monoisotopic (exact) mass is 453 g/mol. The van der Waals surface area contributed by atoms with E-state index in [-0.39, 0.29) is 6.04 Å². The Morgan fingerprint density at radius 3 is 2.48 bits per heavy atom. The molecular formula is C26H23N5OS. The lowest BCUT2D eigenvalue weighted by Crippen LogP contribution is -2.36. The molecule has 4 aromatic rings. The number of methoxy groups -OCH3 is 1.